The molecule has 35 heavy (non-hydrogen) atoms. The van der Waals surface area contributed by atoms with Gasteiger partial charge in [-0.1, -0.05) is 25.5 Å². The summed E-state index contributed by atoms with van der Waals surface area (Å²) in [6.07, 6.45) is 2.53. The van der Waals surface area contributed by atoms with Crippen LogP contribution in [-0.2, 0) is 20.8 Å². The minimum absolute atomic E-state index is 0.124. The number of hydrogen-bond donors (Lipinski definition) is 2. The Hall–Kier alpha value is -3.76. The molecule has 0 aliphatic carbocycles. The zero-order valence-electron chi connectivity index (χ0n) is 19.6. The summed E-state index contributed by atoms with van der Waals surface area (Å²) in [5.74, 6) is -0.529. The van der Waals surface area contributed by atoms with Crippen LogP contribution in [0.25, 0.3) is 17.2 Å². The van der Waals surface area contributed by atoms with Crippen LogP contribution in [0.15, 0.2) is 59.2 Å². The van der Waals surface area contributed by atoms with Gasteiger partial charge >= 0.3 is 5.97 Å². The Balaban J connectivity index is 1.72. The van der Waals surface area contributed by atoms with E-state index in [1.54, 1.807) is 43.3 Å². The van der Waals surface area contributed by atoms with Gasteiger partial charge in [-0.15, -0.1) is 10.2 Å². The molecule has 0 aliphatic heterocycles. The van der Waals surface area contributed by atoms with E-state index in [9.17, 15) is 14.3 Å². The molecule has 0 saturated heterocycles. The molecule has 1 unspecified atom stereocenters. The number of ether oxygens (including phenoxy) is 2. The topological polar surface area (TPSA) is 116 Å². The fourth-order valence-corrected chi connectivity index (χ4v) is 2.97. The van der Waals surface area contributed by atoms with Crippen molar-refractivity contribution >= 4 is 11.7 Å². The van der Waals surface area contributed by atoms with Gasteiger partial charge in [-0.05, 0) is 55.3 Å². The molecular weight excluding hydrogens is 457 g/mol. The maximum Gasteiger partial charge on any atom is 0.333 e. The maximum atomic E-state index is 13.2. The third kappa shape index (κ3) is 7.90. The molecule has 10 heteroatoms. The standard InChI is InChI=1S/C25H28FN3O6/c1-3-5-14-34-29-21(24-28-27-23(35-24)18-8-10-19(26)11-9-18)16-33-20-12-6-17(7-13-20)15-22(25(30)31)32-4-2/h6-13,16,22,29H,3-5,14-15H2,1-2H3,(H,30,31). The van der Waals surface area contributed by atoms with Crippen molar-refractivity contribution in [1.82, 2.24) is 15.7 Å². The molecule has 186 valence electrons. The summed E-state index contributed by atoms with van der Waals surface area (Å²) >= 11 is 0. The van der Waals surface area contributed by atoms with Crippen LogP contribution in [-0.4, -0.2) is 40.6 Å². The second kappa shape index (κ2) is 13.2. The number of nitrogens with one attached hydrogen (secondary N) is 1. The molecule has 1 heterocycles. The number of carboxylic acids is 1. The van der Waals surface area contributed by atoms with Gasteiger partial charge in [0.1, 0.15) is 17.8 Å². The van der Waals surface area contributed by atoms with Crippen molar-refractivity contribution < 1.29 is 33.0 Å². The van der Waals surface area contributed by atoms with Crippen molar-refractivity contribution in [2.24, 2.45) is 0 Å². The second-order valence-electron chi connectivity index (χ2n) is 7.50. The SMILES string of the molecule is CCCCONC(=COc1ccc(CC(OCC)C(=O)O)cc1)c1nnc(-c2ccc(F)cc2)o1. The van der Waals surface area contributed by atoms with Gasteiger partial charge in [0.15, 0.2) is 11.8 Å². The summed E-state index contributed by atoms with van der Waals surface area (Å²) in [6.45, 7) is 4.58. The van der Waals surface area contributed by atoms with Crippen LogP contribution < -0.4 is 10.2 Å². The molecule has 2 N–H and O–H groups in total. The van der Waals surface area contributed by atoms with Gasteiger partial charge in [0, 0.05) is 18.6 Å². The van der Waals surface area contributed by atoms with Gasteiger partial charge in [0.25, 0.3) is 5.89 Å². The van der Waals surface area contributed by atoms with Crippen LogP contribution in [0.2, 0.25) is 0 Å². The highest BCUT2D eigenvalue weighted by molar-refractivity contribution is 5.72. The van der Waals surface area contributed by atoms with Gasteiger partial charge in [-0.25, -0.2) is 9.18 Å². The highest BCUT2D eigenvalue weighted by atomic mass is 19.1. The first-order valence-electron chi connectivity index (χ1n) is 11.3. The van der Waals surface area contributed by atoms with E-state index in [2.05, 4.69) is 15.7 Å². The van der Waals surface area contributed by atoms with Crippen molar-refractivity contribution in [3.63, 3.8) is 0 Å². The van der Waals surface area contributed by atoms with Crippen LogP contribution in [0.1, 0.15) is 38.1 Å². The second-order valence-corrected chi connectivity index (χ2v) is 7.50. The number of unbranched alkanes of at least 4 members (excludes halogenated alkanes) is 1. The summed E-state index contributed by atoms with van der Waals surface area (Å²) in [4.78, 5) is 16.8. The number of aliphatic carboxylic acids is 1. The molecular formula is C25H28FN3O6. The van der Waals surface area contributed by atoms with Crippen molar-refractivity contribution in [2.75, 3.05) is 13.2 Å². The van der Waals surface area contributed by atoms with Gasteiger partial charge < -0.3 is 19.0 Å². The van der Waals surface area contributed by atoms with Crippen molar-refractivity contribution in [3.05, 3.63) is 72.1 Å². The summed E-state index contributed by atoms with van der Waals surface area (Å²) in [5.41, 5.74) is 4.44. The Labute approximate surface area is 202 Å². The lowest BCUT2D eigenvalue weighted by Crippen LogP contribution is -2.26. The molecule has 0 saturated carbocycles. The molecule has 3 rings (SSSR count). The smallest absolute Gasteiger partial charge is 0.333 e. The zero-order valence-corrected chi connectivity index (χ0v) is 19.6. The number of halogens is 1. The van der Waals surface area contributed by atoms with Crippen molar-refractivity contribution in [2.45, 2.75) is 39.2 Å². The summed E-state index contributed by atoms with van der Waals surface area (Å²) in [6, 6.07) is 12.7. The quantitative estimate of drug-likeness (QED) is 0.192. The number of carboxylic acid groups (broad SMARTS) is 1. The molecule has 2 aromatic carbocycles. The molecule has 9 nitrogen and oxygen atoms in total. The number of benzene rings is 2. The Kier molecular flexibility index (Phi) is 9.76. The molecule has 0 bridgehead atoms. The highest BCUT2D eigenvalue weighted by Gasteiger charge is 2.18. The normalized spacial score (nSPS) is 12.4. The van der Waals surface area contributed by atoms with Crippen molar-refractivity contribution in [3.8, 4) is 17.2 Å². The first-order chi connectivity index (χ1) is 17.0. The fraction of sp³-hybridized carbons (Fsp3) is 0.320. The molecule has 1 aromatic heterocycles. The van der Waals surface area contributed by atoms with Gasteiger partial charge in [-0.3, -0.25) is 10.3 Å². The third-order valence-corrected chi connectivity index (χ3v) is 4.83. The summed E-state index contributed by atoms with van der Waals surface area (Å²) in [5, 5.41) is 17.3. The molecule has 0 spiro atoms. The Morgan fingerprint density at radius 1 is 1.14 bits per heavy atom. The minimum atomic E-state index is -1.01. The summed E-state index contributed by atoms with van der Waals surface area (Å²) in [7, 11) is 0. The van der Waals surface area contributed by atoms with Gasteiger partial charge in [0.2, 0.25) is 5.89 Å². The van der Waals surface area contributed by atoms with Gasteiger partial charge in [-0.2, -0.15) is 0 Å². The minimum Gasteiger partial charge on any atom is -0.479 e. The summed E-state index contributed by atoms with van der Waals surface area (Å²) < 4.78 is 29.9. The van der Waals surface area contributed by atoms with Crippen LogP contribution >= 0.6 is 0 Å². The van der Waals surface area contributed by atoms with E-state index in [1.165, 1.54) is 18.4 Å². The number of hydroxylamine groups is 1. The lowest BCUT2D eigenvalue weighted by Gasteiger charge is -2.12. The van der Waals surface area contributed by atoms with E-state index < -0.39 is 12.1 Å². The van der Waals surface area contributed by atoms with Crippen molar-refractivity contribution in [1.29, 1.82) is 0 Å². The number of nitrogens with zero attached hydrogens (tertiary/aromatic N) is 2. The van der Waals surface area contributed by atoms with Gasteiger partial charge in [0.05, 0.1) is 6.61 Å². The predicted octanol–water partition coefficient (Wildman–Crippen LogP) is 4.61. The Morgan fingerprint density at radius 2 is 1.89 bits per heavy atom. The van der Waals surface area contributed by atoms with E-state index in [4.69, 9.17) is 18.7 Å². The van der Waals surface area contributed by atoms with Crippen LogP contribution in [0.5, 0.6) is 5.75 Å². The average Bonchev–Trinajstić information content (AvgIpc) is 3.34. The van der Waals surface area contributed by atoms with E-state index in [0.29, 0.717) is 30.2 Å². The number of rotatable bonds is 14. The monoisotopic (exact) mass is 485 g/mol. The molecule has 1 atom stereocenters. The number of aromatic nitrogens is 2. The molecule has 0 radical (unpaired) electrons. The average molecular weight is 486 g/mol. The van der Waals surface area contributed by atoms with E-state index in [0.717, 1.165) is 18.4 Å². The lowest BCUT2D eigenvalue weighted by atomic mass is 10.1. The number of carbonyl (C=O) groups is 1. The first kappa shape index (κ1) is 25.9. The molecule has 0 aliphatic rings. The lowest BCUT2D eigenvalue weighted by molar-refractivity contribution is -0.149. The van der Waals surface area contributed by atoms with E-state index >= 15 is 0 Å². The maximum absolute atomic E-state index is 13.2. The first-order valence-corrected chi connectivity index (χ1v) is 11.3. The van der Waals surface area contributed by atoms with Crippen LogP contribution in [0, 0.1) is 5.82 Å². The third-order valence-electron chi connectivity index (χ3n) is 4.83. The molecule has 0 amide bonds. The Morgan fingerprint density at radius 3 is 2.54 bits per heavy atom. The predicted molar refractivity (Wildman–Crippen MR) is 125 cm³/mol. The van der Waals surface area contributed by atoms with Crippen LogP contribution in [0.4, 0.5) is 4.39 Å². The van der Waals surface area contributed by atoms with Crippen LogP contribution in [0.3, 0.4) is 0 Å². The fourth-order valence-electron chi connectivity index (χ4n) is 2.97. The highest BCUT2D eigenvalue weighted by Crippen LogP contribution is 2.22. The largest absolute Gasteiger partial charge is 0.479 e. The molecule has 0 fully saturated rings. The zero-order chi connectivity index (χ0) is 25.0. The van der Waals surface area contributed by atoms with E-state index in [-0.39, 0.29) is 24.0 Å². The molecule has 3 aromatic rings. The Bertz CT molecular complexity index is 1100. The number of hydrogen-bond acceptors (Lipinski definition) is 8. The van der Waals surface area contributed by atoms with E-state index in [1.807, 2.05) is 6.92 Å².